The van der Waals surface area contributed by atoms with Crippen LogP contribution in [0.5, 0.6) is 0 Å². The van der Waals surface area contributed by atoms with E-state index in [-0.39, 0.29) is 16.9 Å². The Bertz CT molecular complexity index is 1010. The van der Waals surface area contributed by atoms with Crippen LogP contribution in [0.15, 0.2) is 83.3 Å². The summed E-state index contributed by atoms with van der Waals surface area (Å²) >= 11 is 3.45. The lowest BCUT2D eigenvalue weighted by atomic mass is 9.65. The summed E-state index contributed by atoms with van der Waals surface area (Å²) in [6.45, 7) is 6.63. The van der Waals surface area contributed by atoms with Gasteiger partial charge in [0, 0.05) is 26.7 Å². The normalized spacial score (nSPS) is 20.5. The summed E-state index contributed by atoms with van der Waals surface area (Å²) in [6, 6.07) is 26.6. The van der Waals surface area contributed by atoms with Gasteiger partial charge >= 0.3 is 0 Å². The van der Waals surface area contributed by atoms with Gasteiger partial charge in [0.15, 0.2) is 0 Å². The fraction of sp³-hybridized carbons (Fsp3) is 0.240. The van der Waals surface area contributed by atoms with E-state index in [0.717, 1.165) is 16.6 Å². The van der Waals surface area contributed by atoms with E-state index in [4.69, 9.17) is 0 Å². The van der Waals surface area contributed by atoms with E-state index in [9.17, 15) is 4.79 Å². The molecule has 4 rings (SSSR count). The zero-order chi connectivity index (χ0) is 19.9. The predicted molar refractivity (Wildman–Crippen MR) is 119 cm³/mol. The van der Waals surface area contributed by atoms with Crippen molar-refractivity contribution in [3.8, 4) is 0 Å². The van der Waals surface area contributed by atoms with Crippen LogP contribution < -0.4 is 4.90 Å². The van der Waals surface area contributed by atoms with Gasteiger partial charge in [-0.2, -0.15) is 0 Å². The highest BCUT2D eigenvalue weighted by Gasteiger charge is 2.47. The molecule has 0 unspecified atom stereocenters. The molecule has 1 atom stereocenters. The molecule has 0 aromatic heterocycles. The van der Waals surface area contributed by atoms with Crippen molar-refractivity contribution in [3.63, 3.8) is 0 Å². The van der Waals surface area contributed by atoms with Crippen molar-refractivity contribution in [1.82, 2.24) is 0 Å². The highest BCUT2D eigenvalue weighted by Crippen LogP contribution is 2.50. The van der Waals surface area contributed by atoms with Gasteiger partial charge in [0.05, 0.1) is 0 Å². The number of nitrogens with zero attached hydrogens (tertiary/aromatic N) is 1. The molecule has 0 spiro atoms. The number of fused-ring (bicyclic) bond motifs is 1. The number of hydrogen-bond donors (Lipinski definition) is 0. The Morgan fingerprint density at radius 2 is 1.46 bits per heavy atom. The molecular weight excluding hydrogens is 410 g/mol. The van der Waals surface area contributed by atoms with Crippen molar-refractivity contribution in [2.75, 3.05) is 4.90 Å². The molecule has 142 valence electrons. The SMILES string of the molecule is CC1(C)C[C@](C)(c2ccccc2)c2ccccc2N1C(=O)c1ccc(Br)cc1. The predicted octanol–water partition coefficient (Wildman–Crippen LogP) is 6.58. The molecule has 3 aromatic rings. The minimum Gasteiger partial charge on any atom is -0.302 e. The smallest absolute Gasteiger partial charge is 0.258 e. The molecule has 0 radical (unpaired) electrons. The van der Waals surface area contributed by atoms with E-state index in [1.54, 1.807) is 0 Å². The summed E-state index contributed by atoms with van der Waals surface area (Å²) in [7, 11) is 0. The second-order valence-electron chi connectivity index (χ2n) is 8.35. The first-order valence-electron chi connectivity index (χ1n) is 9.58. The first-order valence-corrected chi connectivity index (χ1v) is 10.4. The summed E-state index contributed by atoms with van der Waals surface area (Å²) in [6.07, 6.45) is 0.850. The Balaban J connectivity index is 1.88. The molecule has 3 heteroatoms. The zero-order valence-electron chi connectivity index (χ0n) is 16.4. The number of carbonyl (C=O) groups is 1. The average molecular weight is 434 g/mol. The van der Waals surface area contributed by atoms with Gasteiger partial charge < -0.3 is 4.90 Å². The number of benzene rings is 3. The van der Waals surface area contributed by atoms with Gasteiger partial charge in [-0.15, -0.1) is 0 Å². The largest absolute Gasteiger partial charge is 0.302 e. The number of halogens is 1. The van der Waals surface area contributed by atoms with E-state index < -0.39 is 0 Å². The molecular formula is C25H24BrNO. The maximum atomic E-state index is 13.5. The summed E-state index contributed by atoms with van der Waals surface area (Å²) in [5, 5.41) is 0. The van der Waals surface area contributed by atoms with Crippen LogP contribution >= 0.6 is 15.9 Å². The Labute approximate surface area is 175 Å². The third-order valence-electron chi connectivity index (χ3n) is 5.84. The number of rotatable bonds is 2. The fourth-order valence-electron chi connectivity index (χ4n) is 4.67. The van der Waals surface area contributed by atoms with Crippen LogP contribution in [0.4, 0.5) is 5.69 Å². The second-order valence-corrected chi connectivity index (χ2v) is 9.27. The molecule has 3 aromatic carbocycles. The van der Waals surface area contributed by atoms with Crippen LogP contribution in [0.25, 0.3) is 0 Å². The molecule has 1 heterocycles. The van der Waals surface area contributed by atoms with Crippen molar-refractivity contribution >= 4 is 27.5 Å². The molecule has 1 amide bonds. The topological polar surface area (TPSA) is 20.3 Å². The molecule has 0 aliphatic carbocycles. The molecule has 2 nitrogen and oxygen atoms in total. The molecule has 1 aliphatic rings. The number of hydrogen-bond acceptors (Lipinski definition) is 1. The number of anilines is 1. The van der Waals surface area contributed by atoms with E-state index >= 15 is 0 Å². The minimum atomic E-state index is -0.330. The Kier molecular flexibility index (Phi) is 4.67. The molecule has 28 heavy (non-hydrogen) atoms. The average Bonchev–Trinajstić information content (AvgIpc) is 2.68. The van der Waals surface area contributed by atoms with Crippen molar-refractivity contribution in [2.24, 2.45) is 0 Å². The molecule has 1 aliphatic heterocycles. The van der Waals surface area contributed by atoms with Crippen molar-refractivity contribution in [2.45, 2.75) is 38.1 Å². The van der Waals surface area contributed by atoms with Gasteiger partial charge in [-0.3, -0.25) is 4.79 Å². The lowest BCUT2D eigenvalue weighted by Crippen LogP contribution is -2.55. The van der Waals surface area contributed by atoms with Crippen molar-refractivity contribution in [3.05, 3.63) is 100 Å². The van der Waals surface area contributed by atoms with Crippen LogP contribution in [-0.4, -0.2) is 11.4 Å². The van der Waals surface area contributed by atoms with Crippen molar-refractivity contribution < 1.29 is 4.79 Å². The van der Waals surface area contributed by atoms with Crippen LogP contribution in [0.1, 0.15) is 48.7 Å². The van der Waals surface area contributed by atoms with Crippen LogP contribution in [0.2, 0.25) is 0 Å². The highest BCUT2D eigenvalue weighted by atomic mass is 79.9. The lowest BCUT2D eigenvalue weighted by molar-refractivity contribution is 0.0948. The summed E-state index contributed by atoms with van der Waals surface area (Å²) in [5.41, 5.74) is 3.70. The van der Waals surface area contributed by atoms with Crippen LogP contribution in [0.3, 0.4) is 0 Å². The number of carbonyl (C=O) groups excluding carboxylic acids is 1. The van der Waals surface area contributed by atoms with Crippen molar-refractivity contribution in [1.29, 1.82) is 0 Å². The molecule has 0 saturated carbocycles. The molecule has 0 N–H and O–H groups in total. The molecule has 0 saturated heterocycles. The Morgan fingerprint density at radius 1 is 0.857 bits per heavy atom. The third kappa shape index (κ3) is 3.08. The van der Waals surface area contributed by atoms with Crippen LogP contribution in [0, 0.1) is 0 Å². The number of amides is 1. The number of para-hydroxylation sites is 1. The van der Waals surface area contributed by atoms with E-state index in [2.05, 4.69) is 85.2 Å². The van der Waals surface area contributed by atoms with E-state index in [0.29, 0.717) is 5.56 Å². The second kappa shape index (κ2) is 6.89. The van der Waals surface area contributed by atoms with Gasteiger partial charge in [0.2, 0.25) is 0 Å². The van der Waals surface area contributed by atoms with Gasteiger partial charge in [-0.1, -0.05) is 71.4 Å². The standard InChI is InChI=1S/C25H24BrNO/c1-24(2)17-25(3,19-9-5-4-6-10-19)21-11-7-8-12-22(21)27(24)23(28)18-13-15-20(26)16-14-18/h4-16H,17H2,1-3H3/t25-/m1/s1. The third-order valence-corrected chi connectivity index (χ3v) is 6.36. The highest BCUT2D eigenvalue weighted by molar-refractivity contribution is 9.10. The van der Waals surface area contributed by atoms with Gasteiger partial charge in [-0.25, -0.2) is 0 Å². The van der Waals surface area contributed by atoms with Crippen LogP contribution in [-0.2, 0) is 5.41 Å². The molecule has 0 bridgehead atoms. The van der Waals surface area contributed by atoms with Gasteiger partial charge in [0.25, 0.3) is 5.91 Å². The van der Waals surface area contributed by atoms with Gasteiger partial charge in [-0.05, 0) is 61.7 Å². The summed E-state index contributed by atoms with van der Waals surface area (Å²) in [4.78, 5) is 15.5. The lowest BCUT2D eigenvalue weighted by Gasteiger charge is -2.51. The maximum Gasteiger partial charge on any atom is 0.258 e. The Morgan fingerprint density at radius 3 is 2.14 bits per heavy atom. The first kappa shape index (κ1) is 18.9. The van der Waals surface area contributed by atoms with E-state index in [1.165, 1.54) is 11.1 Å². The maximum absolute atomic E-state index is 13.5. The van der Waals surface area contributed by atoms with E-state index in [1.807, 2.05) is 35.2 Å². The summed E-state index contributed by atoms with van der Waals surface area (Å²) < 4.78 is 0.971. The summed E-state index contributed by atoms with van der Waals surface area (Å²) in [5.74, 6) is 0.0417. The quantitative estimate of drug-likeness (QED) is 0.446. The minimum absolute atomic E-state index is 0.0417. The Hall–Kier alpha value is -2.39. The zero-order valence-corrected chi connectivity index (χ0v) is 18.0. The van der Waals surface area contributed by atoms with Gasteiger partial charge in [0.1, 0.15) is 0 Å². The first-order chi connectivity index (χ1) is 13.3. The fourth-order valence-corrected chi connectivity index (χ4v) is 4.93. The molecule has 0 fully saturated rings. The monoisotopic (exact) mass is 433 g/mol.